The average Bonchev–Trinajstić information content (AvgIpc) is 3.46. The first kappa shape index (κ1) is 22.1. The fourth-order valence-corrected chi connectivity index (χ4v) is 3.78. The molecule has 1 aliphatic heterocycles. The number of H-pyrrole nitrogens is 1. The maximum Gasteiger partial charge on any atom is 0.191 e. The van der Waals surface area contributed by atoms with Crippen LogP contribution in [0.2, 0.25) is 0 Å². The number of aromatic amines is 1. The van der Waals surface area contributed by atoms with Crippen molar-refractivity contribution < 1.29 is 9.47 Å². The van der Waals surface area contributed by atoms with Crippen molar-refractivity contribution in [3.8, 4) is 5.75 Å². The van der Waals surface area contributed by atoms with E-state index >= 15 is 0 Å². The van der Waals surface area contributed by atoms with E-state index in [1.54, 1.807) is 0 Å². The molecule has 1 aromatic heterocycles. The topological polar surface area (TPSA) is 83.6 Å². The Kier molecular flexibility index (Phi) is 7.61. The molecule has 170 valence electrons. The molecule has 0 radical (unpaired) electrons. The van der Waals surface area contributed by atoms with Gasteiger partial charge in [0.05, 0.1) is 30.8 Å². The third-order valence-corrected chi connectivity index (χ3v) is 5.57. The van der Waals surface area contributed by atoms with E-state index < -0.39 is 0 Å². The first-order chi connectivity index (χ1) is 15.7. The Labute approximate surface area is 189 Å². The zero-order valence-corrected chi connectivity index (χ0v) is 19.0. The van der Waals surface area contributed by atoms with E-state index in [1.165, 1.54) is 5.56 Å². The van der Waals surface area contributed by atoms with Crippen LogP contribution in [0.4, 0.5) is 0 Å². The van der Waals surface area contributed by atoms with Gasteiger partial charge in [0, 0.05) is 37.6 Å². The smallest absolute Gasteiger partial charge is 0.191 e. The average molecular weight is 436 g/mol. The molecular formula is C25H33N5O2. The van der Waals surface area contributed by atoms with Crippen molar-refractivity contribution in [1.82, 2.24) is 20.6 Å². The predicted molar refractivity (Wildman–Crippen MR) is 128 cm³/mol. The van der Waals surface area contributed by atoms with Gasteiger partial charge >= 0.3 is 0 Å². The number of hydrogen-bond acceptors (Lipinski definition) is 4. The van der Waals surface area contributed by atoms with Crippen LogP contribution in [-0.2, 0) is 17.7 Å². The summed E-state index contributed by atoms with van der Waals surface area (Å²) >= 11 is 0. The van der Waals surface area contributed by atoms with Crippen molar-refractivity contribution in [2.24, 2.45) is 10.9 Å². The maximum atomic E-state index is 6.16. The molecule has 2 aromatic carbocycles. The molecule has 1 saturated heterocycles. The number of hydrogen-bond donors (Lipinski definition) is 3. The molecule has 1 unspecified atom stereocenters. The second-order valence-electron chi connectivity index (χ2n) is 8.22. The van der Waals surface area contributed by atoms with Gasteiger partial charge in [-0.2, -0.15) is 0 Å². The summed E-state index contributed by atoms with van der Waals surface area (Å²) in [5.41, 5.74) is 4.34. The zero-order valence-electron chi connectivity index (χ0n) is 19.0. The first-order valence-electron chi connectivity index (χ1n) is 11.5. The van der Waals surface area contributed by atoms with Crippen LogP contribution in [0, 0.1) is 12.8 Å². The predicted octanol–water partition coefficient (Wildman–Crippen LogP) is 3.58. The molecule has 7 nitrogen and oxygen atoms in total. The highest BCUT2D eigenvalue weighted by Crippen LogP contribution is 2.23. The Bertz CT molecular complexity index is 1010. The van der Waals surface area contributed by atoms with Crippen molar-refractivity contribution in [3.63, 3.8) is 0 Å². The van der Waals surface area contributed by atoms with E-state index in [0.29, 0.717) is 19.1 Å². The number of aliphatic imine (C=N–C) groups is 1. The van der Waals surface area contributed by atoms with Crippen molar-refractivity contribution >= 4 is 17.0 Å². The highest BCUT2D eigenvalue weighted by atomic mass is 16.5. The maximum absolute atomic E-state index is 6.16. The fourth-order valence-electron chi connectivity index (χ4n) is 3.78. The summed E-state index contributed by atoms with van der Waals surface area (Å²) in [6, 6.07) is 14.4. The molecule has 4 rings (SSSR count). The molecule has 0 aliphatic carbocycles. The summed E-state index contributed by atoms with van der Waals surface area (Å²) in [7, 11) is 0. The summed E-state index contributed by atoms with van der Waals surface area (Å²) in [5.74, 6) is 3.15. The molecule has 0 spiro atoms. The monoisotopic (exact) mass is 435 g/mol. The number of aryl methyl sites for hydroxylation is 1. The quantitative estimate of drug-likeness (QED) is 0.353. The van der Waals surface area contributed by atoms with Crippen molar-refractivity contribution in [2.75, 3.05) is 32.9 Å². The number of ether oxygens (including phenoxy) is 2. The summed E-state index contributed by atoms with van der Waals surface area (Å²) in [6.45, 7) is 8.57. The van der Waals surface area contributed by atoms with Gasteiger partial charge in [-0.05, 0) is 44.0 Å². The molecule has 0 bridgehead atoms. The normalized spacial score (nSPS) is 16.4. The van der Waals surface area contributed by atoms with E-state index in [1.807, 2.05) is 24.3 Å². The van der Waals surface area contributed by atoms with Crippen LogP contribution in [0.1, 0.15) is 30.3 Å². The lowest BCUT2D eigenvalue weighted by Crippen LogP contribution is -2.38. The Morgan fingerprint density at radius 2 is 2.16 bits per heavy atom. The van der Waals surface area contributed by atoms with Gasteiger partial charge in [0.25, 0.3) is 0 Å². The number of imidazole rings is 1. The second-order valence-corrected chi connectivity index (χ2v) is 8.22. The standard InChI is InChI=1S/C25H33N5O2/c1-3-26-25(27-12-10-24-29-21-6-4-5-7-22(21)30-24)28-15-20-9-8-18(2)14-23(20)32-17-19-11-13-31-16-19/h4-9,14,19H,3,10-13,15-17H2,1-2H3,(H,29,30)(H2,26,27,28). The Morgan fingerprint density at radius 3 is 2.97 bits per heavy atom. The number of fused-ring (bicyclic) bond motifs is 1. The molecule has 2 heterocycles. The molecule has 7 heteroatoms. The summed E-state index contributed by atoms with van der Waals surface area (Å²) in [5, 5.41) is 6.74. The second kappa shape index (κ2) is 11.0. The number of rotatable bonds is 9. The van der Waals surface area contributed by atoms with E-state index in [2.05, 4.69) is 52.6 Å². The number of nitrogens with zero attached hydrogens (tertiary/aromatic N) is 2. The Balaban J connectivity index is 1.35. The lowest BCUT2D eigenvalue weighted by atomic mass is 10.1. The van der Waals surface area contributed by atoms with Gasteiger partial charge in [0.1, 0.15) is 11.6 Å². The van der Waals surface area contributed by atoms with E-state index in [4.69, 9.17) is 14.5 Å². The van der Waals surface area contributed by atoms with Gasteiger partial charge in [-0.3, -0.25) is 0 Å². The van der Waals surface area contributed by atoms with E-state index in [-0.39, 0.29) is 0 Å². The van der Waals surface area contributed by atoms with Gasteiger partial charge in [0.15, 0.2) is 5.96 Å². The SMILES string of the molecule is CCNC(=NCc1ccc(C)cc1OCC1CCOC1)NCCc1nc2ccccc2[nH]1. The number of guanidine groups is 1. The van der Waals surface area contributed by atoms with Crippen molar-refractivity contribution in [1.29, 1.82) is 0 Å². The Morgan fingerprint density at radius 1 is 1.25 bits per heavy atom. The molecule has 1 aliphatic rings. The minimum absolute atomic E-state index is 0.476. The van der Waals surface area contributed by atoms with Gasteiger partial charge < -0.3 is 25.1 Å². The van der Waals surface area contributed by atoms with Gasteiger partial charge in [-0.15, -0.1) is 0 Å². The molecule has 32 heavy (non-hydrogen) atoms. The number of para-hydroxylation sites is 2. The van der Waals surface area contributed by atoms with Crippen molar-refractivity contribution in [3.05, 3.63) is 59.4 Å². The lowest BCUT2D eigenvalue weighted by Gasteiger charge is -2.15. The number of benzene rings is 2. The van der Waals surface area contributed by atoms with Gasteiger partial charge in [-0.1, -0.05) is 24.3 Å². The zero-order chi connectivity index (χ0) is 22.2. The number of aromatic nitrogens is 2. The summed E-state index contributed by atoms with van der Waals surface area (Å²) < 4.78 is 11.6. The molecule has 3 aromatic rings. The van der Waals surface area contributed by atoms with Crippen molar-refractivity contribution in [2.45, 2.75) is 33.2 Å². The molecule has 3 N–H and O–H groups in total. The third-order valence-electron chi connectivity index (χ3n) is 5.57. The van der Waals surface area contributed by atoms with Crippen LogP contribution in [-0.4, -0.2) is 48.8 Å². The number of nitrogens with one attached hydrogen (secondary N) is 3. The first-order valence-corrected chi connectivity index (χ1v) is 11.5. The minimum Gasteiger partial charge on any atom is -0.493 e. The Hall–Kier alpha value is -3.06. The van der Waals surface area contributed by atoms with Crippen LogP contribution >= 0.6 is 0 Å². The lowest BCUT2D eigenvalue weighted by molar-refractivity contribution is 0.166. The fraction of sp³-hybridized carbons (Fsp3) is 0.440. The van der Waals surface area contributed by atoms with Crippen LogP contribution < -0.4 is 15.4 Å². The van der Waals surface area contributed by atoms with E-state index in [9.17, 15) is 0 Å². The largest absolute Gasteiger partial charge is 0.493 e. The minimum atomic E-state index is 0.476. The van der Waals surface area contributed by atoms with Gasteiger partial charge in [0.2, 0.25) is 0 Å². The third kappa shape index (κ3) is 6.01. The van der Waals surface area contributed by atoms with Crippen LogP contribution in [0.3, 0.4) is 0 Å². The molecule has 0 amide bonds. The summed E-state index contributed by atoms with van der Waals surface area (Å²) in [4.78, 5) is 12.8. The highest BCUT2D eigenvalue weighted by Gasteiger charge is 2.17. The van der Waals surface area contributed by atoms with E-state index in [0.717, 1.165) is 73.3 Å². The highest BCUT2D eigenvalue weighted by molar-refractivity contribution is 5.79. The van der Waals surface area contributed by atoms with Gasteiger partial charge in [-0.25, -0.2) is 9.98 Å². The molecular weight excluding hydrogens is 402 g/mol. The van der Waals surface area contributed by atoms with Crippen LogP contribution in [0.5, 0.6) is 5.75 Å². The molecule has 1 atom stereocenters. The molecule has 0 saturated carbocycles. The van der Waals surface area contributed by atoms with Crippen LogP contribution in [0.25, 0.3) is 11.0 Å². The van der Waals surface area contributed by atoms with Crippen LogP contribution in [0.15, 0.2) is 47.5 Å². The summed E-state index contributed by atoms with van der Waals surface area (Å²) in [6.07, 6.45) is 1.86. The molecule has 1 fully saturated rings.